The number of hydrogen-bond donors (Lipinski definition) is 2. The predicted molar refractivity (Wildman–Crippen MR) is 119 cm³/mol. The molecule has 1 saturated carbocycles. The number of hydrogen-bond acceptors (Lipinski definition) is 4. The molecule has 1 fully saturated rings. The Balaban J connectivity index is 1.86. The van der Waals surface area contributed by atoms with E-state index in [1.54, 1.807) is 12.1 Å². The van der Waals surface area contributed by atoms with Gasteiger partial charge in [0.05, 0.1) is 23.3 Å². The molecule has 0 aromatic heterocycles. The summed E-state index contributed by atoms with van der Waals surface area (Å²) in [6.45, 7) is 4.13. The van der Waals surface area contributed by atoms with Gasteiger partial charge in [0.2, 0.25) is 10.0 Å². The van der Waals surface area contributed by atoms with Crippen LogP contribution in [0.1, 0.15) is 43.5 Å². The van der Waals surface area contributed by atoms with E-state index in [1.807, 2.05) is 6.92 Å². The van der Waals surface area contributed by atoms with Gasteiger partial charge in [-0.2, -0.15) is 0 Å². The highest BCUT2D eigenvalue weighted by Crippen LogP contribution is 2.31. The third-order valence-corrected chi connectivity index (χ3v) is 7.64. The SMILES string of the molecule is COc1ccc(Cl)cc1NC(=O)c1cc(S(=O)(=O)NC2CCCC(C)C2C)ccc1F. The summed E-state index contributed by atoms with van der Waals surface area (Å²) in [6.07, 6.45) is 2.75. The maximum Gasteiger partial charge on any atom is 0.258 e. The van der Waals surface area contributed by atoms with Gasteiger partial charge in [-0.1, -0.05) is 38.3 Å². The Labute approximate surface area is 187 Å². The van der Waals surface area contributed by atoms with Gasteiger partial charge in [-0.3, -0.25) is 4.79 Å². The lowest BCUT2D eigenvalue weighted by molar-refractivity contribution is 0.102. The molecule has 0 aliphatic heterocycles. The van der Waals surface area contributed by atoms with Gasteiger partial charge in [0.25, 0.3) is 5.91 Å². The van der Waals surface area contributed by atoms with Crippen molar-refractivity contribution in [3.63, 3.8) is 0 Å². The molecule has 0 saturated heterocycles. The highest BCUT2D eigenvalue weighted by molar-refractivity contribution is 7.89. The molecule has 31 heavy (non-hydrogen) atoms. The average Bonchev–Trinajstić information content (AvgIpc) is 2.71. The van der Waals surface area contributed by atoms with Crippen LogP contribution in [-0.2, 0) is 10.0 Å². The fourth-order valence-electron chi connectivity index (χ4n) is 3.83. The van der Waals surface area contributed by atoms with Crippen LogP contribution in [0.25, 0.3) is 0 Å². The van der Waals surface area contributed by atoms with Crippen molar-refractivity contribution < 1.29 is 22.3 Å². The molecule has 3 atom stereocenters. The summed E-state index contributed by atoms with van der Waals surface area (Å²) < 4.78 is 48.2. The van der Waals surface area contributed by atoms with Crippen LogP contribution < -0.4 is 14.8 Å². The summed E-state index contributed by atoms with van der Waals surface area (Å²) in [5.74, 6) is -0.721. The standard InChI is InChI=1S/C22H26ClFN2O4S/c1-13-5-4-6-19(14(13)2)26-31(28,29)16-8-9-18(24)17(12-16)22(27)25-20-11-15(23)7-10-21(20)30-3/h7-14,19,26H,4-6H2,1-3H3,(H,25,27). The summed E-state index contributed by atoms with van der Waals surface area (Å²) in [4.78, 5) is 12.5. The molecule has 3 unspecified atom stereocenters. The van der Waals surface area contributed by atoms with Gasteiger partial charge in [0, 0.05) is 11.1 Å². The van der Waals surface area contributed by atoms with Crippen molar-refractivity contribution >= 4 is 33.2 Å². The lowest BCUT2D eigenvalue weighted by Crippen LogP contribution is -2.43. The van der Waals surface area contributed by atoms with Gasteiger partial charge < -0.3 is 10.1 Å². The molecule has 0 heterocycles. The smallest absolute Gasteiger partial charge is 0.258 e. The first-order valence-electron chi connectivity index (χ1n) is 10.1. The second-order valence-corrected chi connectivity index (χ2v) is 10.1. The first-order chi connectivity index (χ1) is 14.6. The minimum Gasteiger partial charge on any atom is -0.495 e. The summed E-state index contributed by atoms with van der Waals surface area (Å²) in [5.41, 5.74) is -0.147. The molecule has 3 rings (SSSR count). The summed E-state index contributed by atoms with van der Waals surface area (Å²) >= 11 is 5.97. The largest absolute Gasteiger partial charge is 0.495 e. The molecule has 0 radical (unpaired) electrons. The van der Waals surface area contributed by atoms with Crippen molar-refractivity contribution in [3.8, 4) is 5.75 Å². The van der Waals surface area contributed by atoms with Gasteiger partial charge in [-0.15, -0.1) is 0 Å². The van der Waals surface area contributed by atoms with Crippen molar-refractivity contribution in [3.05, 3.63) is 52.8 Å². The summed E-state index contributed by atoms with van der Waals surface area (Å²) in [5, 5.41) is 2.88. The zero-order valence-corrected chi connectivity index (χ0v) is 19.2. The van der Waals surface area contributed by atoms with Gasteiger partial charge in [0.15, 0.2) is 0 Å². The van der Waals surface area contributed by atoms with Gasteiger partial charge in [-0.25, -0.2) is 17.5 Å². The Morgan fingerprint density at radius 1 is 1.16 bits per heavy atom. The first-order valence-corrected chi connectivity index (χ1v) is 11.9. The van der Waals surface area contributed by atoms with Crippen LogP contribution in [0.3, 0.4) is 0 Å². The normalized spacial score (nSPS) is 21.5. The van der Waals surface area contributed by atoms with E-state index in [4.69, 9.17) is 16.3 Å². The van der Waals surface area contributed by atoms with Crippen molar-refractivity contribution in [1.82, 2.24) is 4.72 Å². The quantitative estimate of drug-likeness (QED) is 0.635. The third kappa shape index (κ3) is 5.37. The highest BCUT2D eigenvalue weighted by atomic mass is 35.5. The zero-order valence-electron chi connectivity index (χ0n) is 17.6. The number of rotatable bonds is 6. The maximum atomic E-state index is 14.4. The van der Waals surface area contributed by atoms with E-state index in [0.717, 1.165) is 37.5 Å². The fraction of sp³-hybridized carbons (Fsp3) is 0.409. The molecular formula is C22H26ClFN2O4S. The van der Waals surface area contributed by atoms with Crippen LogP contribution in [0.2, 0.25) is 5.02 Å². The molecule has 1 aliphatic carbocycles. The number of benzene rings is 2. The van der Waals surface area contributed by atoms with Crippen molar-refractivity contribution in [2.75, 3.05) is 12.4 Å². The van der Waals surface area contributed by atoms with Crippen LogP contribution >= 0.6 is 11.6 Å². The number of ether oxygens (including phenoxy) is 1. The number of amides is 1. The molecule has 6 nitrogen and oxygen atoms in total. The van der Waals surface area contributed by atoms with Gasteiger partial charge in [0.1, 0.15) is 11.6 Å². The van der Waals surface area contributed by atoms with Crippen molar-refractivity contribution in [2.24, 2.45) is 11.8 Å². The average molecular weight is 469 g/mol. The molecule has 2 aromatic rings. The summed E-state index contributed by atoms with van der Waals surface area (Å²) in [6, 6.07) is 7.59. The molecule has 2 aromatic carbocycles. The van der Waals surface area contributed by atoms with Gasteiger partial charge >= 0.3 is 0 Å². The zero-order chi connectivity index (χ0) is 22.8. The second-order valence-electron chi connectivity index (χ2n) is 7.94. The topological polar surface area (TPSA) is 84.5 Å². The monoisotopic (exact) mass is 468 g/mol. The van der Waals surface area contributed by atoms with Crippen molar-refractivity contribution in [1.29, 1.82) is 0 Å². The number of methoxy groups -OCH3 is 1. The Morgan fingerprint density at radius 3 is 2.61 bits per heavy atom. The van der Waals surface area contributed by atoms with Crippen LogP contribution in [0.5, 0.6) is 5.75 Å². The van der Waals surface area contributed by atoms with Crippen LogP contribution in [-0.4, -0.2) is 27.5 Å². The van der Waals surface area contributed by atoms with E-state index in [-0.39, 0.29) is 22.5 Å². The molecule has 2 N–H and O–H groups in total. The molecule has 1 aliphatic rings. The second kappa shape index (κ2) is 9.54. The minimum atomic E-state index is -3.92. The Hall–Kier alpha value is -2.16. The maximum absolute atomic E-state index is 14.4. The summed E-state index contributed by atoms with van der Waals surface area (Å²) in [7, 11) is -2.50. The molecule has 1 amide bonds. The van der Waals surface area contributed by atoms with E-state index in [9.17, 15) is 17.6 Å². The Morgan fingerprint density at radius 2 is 1.90 bits per heavy atom. The van der Waals surface area contributed by atoms with E-state index in [0.29, 0.717) is 16.7 Å². The first kappa shape index (κ1) is 23.5. The molecule has 168 valence electrons. The number of anilines is 1. The highest BCUT2D eigenvalue weighted by Gasteiger charge is 2.31. The Kier molecular flexibility index (Phi) is 7.24. The van der Waals surface area contributed by atoms with E-state index >= 15 is 0 Å². The molecular weight excluding hydrogens is 443 g/mol. The molecule has 0 spiro atoms. The Bertz CT molecular complexity index is 1080. The number of carbonyl (C=O) groups is 1. The van der Waals surface area contributed by atoms with Gasteiger partial charge in [-0.05, 0) is 54.7 Å². The number of nitrogens with one attached hydrogen (secondary N) is 2. The van der Waals surface area contributed by atoms with Crippen LogP contribution in [0.15, 0.2) is 41.3 Å². The number of sulfonamides is 1. The fourth-order valence-corrected chi connectivity index (χ4v) is 5.39. The van der Waals surface area contributed by atoms with Crippen molar-refractivity contribution in [2.45, 2.75) is 44.0 Å². The van der Waals surface area contributed by atoms with Crippen LogP contribution in [0.4, 0.5) is 10.1 Å². The van der Waals surface area contributed by atoms with E-state index in [2.05, 4.69) is 17.0 Å². The number of halogens is 2. The molecule has 0 bridgehead atoms. The minimum absolute atomic E-state index is 0.164. The number of carbonyl (C=O) groups excluding carboxylic acids is 1. The lowest BCUT2D eigenvalue weighted by atomic mass is 9.78. The predicted octanol–water partition coefficient (Wildman–Crippen LogP) is 4.84. The van der Waals surface area contributed by atoms with E-state index < -0.39 is 27.3 Å². The van der Waals surface area contributed by atoms with Crippen LogP contribution in [0, 0.1) is 17.7 Å². The third-order valence-electron chi connectivity index (χ3n) is 5.92. The molecule has 9 heteroatoms. The lowest BCUT2D eigenvalue weighted by Gasteiger charge is -2.34. The van der Waals surface area contributed by atoms with E-state index in [1.165, 1.54) is 13.2 Å².